The Morgan fingerprint density at radius 3 is 2.86 bits per heavy atom. The summed E-state index contributed by atoms with van der Waals surface area (Å²) in [5, 5.41) is 10.00. The predicted octanol–water partition coefficient (Wildman–Crippen LogP) is 4.59. The van der Waals surface area contributed by atoms with Gasteiger partial charge in [0.05, 0.1) is 16.6 Å². The molecular formula is C17H12ClN3. The van der Waals surface area contributed by atoms with Crippen LogP contribution in [-0.4, -0.2) is 9.97 Å². The summed E-state index contributed by atoms with van der Waals surface area (Å²) in [6.07, 6.45) is 1.74. The van der Waals surface area contributed by atoms with Crippen LogP contribution in [0.3, 0.4) is 0 Å². The first-order valence-corrected chi connectivity index (χ1v) is 6.88. The molecule has 0 spiro atoms. The molecule has 1 N–H and O–H groups in total. The average molecular weight is 294 g/mol. The number of aromatic amines is 1. The number of hydrogen-bond acceptors (Lipinski definition) is 2. The Morgan fingerprint density at radius 2 is 2.10 bits per heavy atom. The summed E-state index contributed by atoms with van der Waals surface area (Å²) in [6, 6.07) is 15.5. The third-order valence-corrected chi connectivity index (χ3v) is 3.56. The second kappa shape index (κ2) is 5.43. The number of halogens is 1. The van der Waals surface area contributed by atoms with Gasteiger partial charge in [0.2, 0.25) is 0 Å². The van der Waals surface area contributed by atoms with E-state index in [9.17, 15) is 5.26 Å². The first kappa shape index (κ1) is 13.4. The van der Waals surface area contributed by atoms with Crippen LogP contribution in [0.1, 0.15) is 17.0 Å². The van der Waals surface area contributed by atoms with Gasteiger partial charge in [-0.3, -0.25) is 0 Å². The van der Waals surface area contributed by atoms with Crippen LogP contribution in [-0.2, 0) is 0 Å². The maximum Gasteiger partial charge on any atom is 0.149 e. The fourth-order valence-corrected chi connectivity index (χ4v) is 2.34. The second-order valence-electron chi connectivity index (χ2n) is 4.80. The van der Waals surface area contributed by atoms with Crippen molar-refractivity contribution in [2.75, 3.05) is 0 Å². The van der Waals surface area contributed by atoms with Crippen LogP contribution >= 0.6 is 11.6 Å². The number of H-pyrrole nitrogens is 1. The number of nitriles is 1. The molecule has 2 aromatic carbocycles. The lowest BCUT2D eigenvalue weighted by Gasteiger charge is -1.98. The average Bonchev–Trinajstić information content (AvgIpc) is 2.89. The number of allylic oxidation sites excluding steroid dienone is 1. The van der Waals surface area contributed by atoms with E-state index in [2.05, 4.69) is 16.0 Å². The predicted molar refractivity (Wildman–Crippen MR) is 85.8 cm³/mol. The standard InChI is InChI=1S/C17H12ClN3/c1-11-6-7-15-16(8-11)21-17(20-15)13(10-19)9-12-4-2-3-5-14(12)18/h2-9H,1H3,(H,20,21). The number of benzene rings is 2. The molecule has 3 aromatic rings. The molecule has 0 bridgehead atoms. The zero-order valence-corrected chi connectivity index (χ0v) is 12.1. The molecule has 3 rings (SSSR count). The lowest BCUT2D eigenvalue weighted by Crippen LogP contribution is -1.85. The lowest BCUT2D eigenvalue weighted by molar-refractivity contribution is 1.27. The van der Waals surface area contributed by atoms with E-state index in [4.69, 9.17) is 11.6 Å². The SMILES string of the molecule is Cc1ccc2nc(C(C#N)=Cc3ccccc3Cl)[nH]c2c1. The van der Waals surface area contributed by atoms with Crippen LogP contribution in [0.5, 0.6) is 0 Å². The Kier molecular flexibility index (Phi) is 3.47. The van der Waals surface area contributed by atoms with Gasteiger partial charge in [-0.1, -0.05) is 35.9 Å². The molecule has 0 radical (unpaired) electrons. The summed E-state index contributed by atoms with van der Waals surface area (Å²) in [4.78, 5) is 7.64. The van der Waals surface area contributed by atoms with E-state index in [0.717, 1.165) is 22.2 Å². The van der Waals surface area contributed by atoms with Gasteiger partial charge in [-0.25, -0.2) is 4.98 Å². The number of imidazole rings is 1. The molecule has 0 aliphatic heterocycles. The molecule has 102 valence electrons. The van der Waals surface area contributed by atoms with Crippen LogP contribution in [0.4, 0.5) is 0 Å². The molecule has 0 saturated carbocycles. The Morgan fingerprint density at radius 1 is 1.29 bits per heavy atom. The second-order valence-corrected chi connectivity index (χ2v) is 5.20. The van der Waals surface area contributed by atoms with Gasteiger partial charge >= 0.3 is 0 Å². The molecule has 0 aliphatic rings. The summed E-state index contributed by atoms with van der Waals surface area (Å²) in [5.41, 5.74) is 4.16. The van der Waals surface area contributed by atoms with Crippen molar-refractivity contribution in [2.45, 2.75) is 6.92 Å². The van der Waals surface area contributed by atoms with Crippen molar-refractivity contribution in [3.8, 4) is 6.07 Å². The minimum absolute atomic E-state index is 0.456. The minimum atomic E-state index is 0.456. The Labute approximate surface area is 127 Å². The van der Waals surface area contributed by atoms with Crippen LogP contribution in [0.2, 0.25) is 5.02 Å². The highest BCUT2D eigenvalue weighted by molar-refractivity contribution is 6.32. The quantitative estimate of drug-likeness (QED) is 0.703. The zero-order chi connectivity index (χ0) is 14.8. The Hall–Kier alpha value is -2.57. The molecule has 0 saturated heterocycles. The molecule has 0 aliphatic carbocycles. The zero-order valence-electron chi connectivity index (χ0n) is 11.4. The van der Waals surface area contributed by atoms with Crippen molar-refractivity contribution >= 4 is 34.3 Å². The monoisotopic (exact) mass is 293 g/mol. The van der Waals surface area contributed by atoms with Gasteiger partial charge in [-0.2, -0.15) is 5.26 Å². The van der Waals surface area contributed by atoms with Gasteiger partial charge < -0.3 is 4.98 Å². The van der Waals surface area contributed by atoms with Gasteiger partial charge in [0, 0.05) is 5.02 Å². The van der Waals surface area contributed by atoms with Gasteiger partial charge in [0.15, 0.2) is 0 Å². The Bertz CT molecular complexity index is 884. The molecule has 21 heavy (non-hydrogen) atoms. The van der Waals surface area contributed by atoms with Gasteiger partial charge in [-0.15, -0.1) is 0 Å². The van der Waals surface area contributed by atoms with E-state index in [1.54, 1.807) is 12.1 Å². The van der Waals surface area contributed by atoms with E-state index in [-0.39, 0.29) is 0 Å². The summed E-state index contributed by atoms with van der Waals surface area (Å²) >= 11 is 6.13. The van der Waals surface area contributed by atoms with E-state index in [1.807, 2.05) is 43.3 Å². The van der Waals surface area contributed by atoms with E-state index < -0.39 is 0 Å². The van der Waals surface area contributed by atoms with Crippen molar-refractivity contribution in [1.82, 2.24) is 9.97 Å². The summed E-state index contributed by atoms with van der Waals surface area (Å²) in [7, 11) is 0. The number of fused-ring (bicyclic) bond motifs is 1. The maximum atomic E-state index is 9.39. The van der Waals surface area contributed by atoms with Crippen LogP contribution in [0, 0.1) is 18.3 Å². The Balaban J connectivity index is 2.10. The van der Waals surface area contributed by atoms with Crippen molar-refractivity contribution in [2.24, 2.45) is 0 Å². The lowest BCUT2D eigenvalue weighted by atomic mass is 10.1. The van der Waals surface area contributed by atoms with E-state index in [0.29, 0.717) is 16.4 Å². The number of nitrogens with zero attached hydrogens (tertiary/aromatic N) is 2. The van der Waals surface area contributed by atoms with Gasteiger partial charge in [-0.05, 0) is 42.3 Å². The molecule has 0 unspecified atom stereocenters. The summed E-state index contributed by atoms with van der Waals surface area (Å²) < 4.78 is 0. The largest absolute Gasteiger partial charge is 0.337 e. The normalized spacial score (nSPS) is 11.6. The molecule has 4 heteroatoms. The highest BCUT2D eigenvalue weighted by atomic mass is 35.5. The topological polar surface area (TPSA) is 52.5 Å². The van der Waals surface area contributed by atoms with E-state index >= 15 is 0 Å². The van der Waals surface area contributed by atoms with Crippen molar-refractivity contribution in [3.63, 3.8) is 0 Å². The van der Waals surface area contributed by atoms with Crippen LogP contribution in [0.25, 0.3) is 22.7 Å². The molecular weight excluding hydrogens is 282 g/mol. The number of nitrogens with one attached hydrogen (secondary N) is 1. The number of rotatable bonds is 2. The summed E-state index contributed by atoms with van der Waals surface area (Å²) in [6.45, 7) is 2.02. The van der Waals surface area contributed by atoms with Crippen molar-refractivity contribution in [3.05, 3.63) is 64.4 Å². The number of hydrogen-bond donors (Lipinski definition) is 1. The minimum Gasteiger partial charge on any atom is -0.337 e. The molecule has 0 atom stereocenters. The molecule has 0 fully saturated rings. The first-order chi connectivity index (χ1) is 10.2. The number of aromatic nitrogens is 2. The van der Waals surface area contributed by atoms with Crippen molar-refractivity contribution in [1.29, 1.82) is 5.26 Å². The highest BCUT2D eigenvalue weighted by Crippen LogP contribution is 2.23. The fourth-order valence-electron chi connectivity index (χ4n) is 2.15. The third kappa shape index (κ3) is 2.67. The maximum absolute atomic E-state index is 9.39. The number of aryl methyl sites for hydroxylation is 1. The molecule has 1 aromatic heterocycles. The summed E-state index contributed by atoms with van der Waals surface area (Å²) in [5.74, 6) is 0.554. The van der Waals surface area contributed by atoms with Gasteiger partial charge in [0.1, 0.15) is 11.9 Å². The third-order valence-electron chi connectivity index (χ3n) is 3.22. The van der Waals surface area contributed by atoms with Crippen molar-refractivity contribution < 1.29 is 0 Å². The first-order valence-electron chi connectivity index (χ1n) is 6.50. The molecule has 1 heterocycles. The van der Waals surface area contributed by atoms with Crippen LogP contribution < -0.4 is 0 Å². The highest BCUT2D eigenvalue weighted by Gasteiger charge is 2.08. The van der Waals surface area contributed by atoms with E-state index in [1.165, 1.54) is 0 Å². The smallest absolute Gasteiger partial charge is 0.149 e. The fraction of sp³-hybridized carbons (Fsp3) is 0.0588. The van der Waals surface area contributed by atoms with Crippen LogP contribution in [0.15, 0.2) is 42.5 Å². The molecule has 0 amide bonds. The molecule has 3 nitrogen and oxygen atoms in total. The van der Waals surface area contributed by atoms with Gasteiger partial charge in [0.25, 0.3) is 0 Å².